The van der Waals surface area contributed by atoms with E-state index in [1.807, 2.05) is 0 Å². The zero-order chi connectivity index (χ0) is 8.48. The van der Waals surface area contributed by atoms with Crippen LogP contribution in [0.15, 0.2) is 0 Å². The minimum Gasteiger partial charge on any atom is -0.265 e. The summed E-state index contributed by atoms with van der Waals surface area (Å²) >= 11 is 0. The molecule has 0 aromatic heterocycles. The first kappa shape index (κ1) is 8.45. The van der Waals surface area contributed by atoms with E-state index >= 15 is 0 Å². The van der Waals surface area contributed by atoms with Gasteiger partial charge in [0.15, 0.2) is 9.84 Å². The molecule has 1 aliphatic heterocycles. The van der Waals surface area contributed by atoms with E-state index in [4.69, 9.17) is 0 Å². The Morgan fingerprint density at radius 2 is 2.18 bits per heavy atom. The molecule has 0 unspecified atom stereocenters. The number of hydrogen-bond donors (Lipinski definition) is 0. The van der Waals surface area contributed by atoms with Gasteiger partial charge in [-0.15, -0.1) is 0 Å². The minimum atomic E-state index is -2.95. The van der Waals surface area contributed by atoms with Gasteiger partial charge in [-0.1, -0.05) is 0 Å². The predicted molar refractivity (Wildman–Crippen MR) is 38.6 cm³/mol. The summed E-state index contributed by atoms with van der Waals surface area (Å²) in [6, 6.07) is 0. The van der Waals surface area contributed by atoms with Crippen LogP contribution in [0.5, 0.6) is 0 Å². The van der Waals surface area contributed by atoms with Crippen LogP contribution in [0.25, 0.3) is 0 Å². The molecule has 6 heteroatoms. The molecule has 0 bridgehead atoms. The molecule has 0 saturated carbocycles. The van der Waals surface area contributed by atoms with Crippen molar-refractivity contribution in [3.63, 3.8) is 0 Å². The second kappa shape index (κ2) is 2.77. The Balaban J connectivity index is 2.49. The van der Waals surface area contributed by atoms with Gasteiger partial charge >= 0.3 is 0 Å². The summed E-state index contributed by atoms with van der Waals surface area (Å²) in [6.45, 7) is -0.209. The maximum atomic E-state index is 10.8. The Kier molecular flexibility index (Phi) is 2.12. The third kappa shape index (κ3) is 2.45. The molecule has 1 saturated heterocycles. The van der Waals surface area contributed by atoms with Gasteiger partial charge in [0.2, 0.25) is 6.54 Å². The van der Waals surface area contributed by atoms with Crippen LogP contribution in [-0.2, 0) is 9.84 Å². The largest absolute Gasteiger partial charge is 0.265 e. The molecule has 1 fully saturated rings. The predicted octanol–water partition coefficient (Wildman–Crippen LogP) is -0.302. The molecule has 0 spiro atoms. The Bertz CT molecular complexity index is 258. The van der Waals surface area contributed by atoms with Gasteiger partial charge < -0.3 is 0 Å². The molecule has 0 radical (unpaired) electrons. The molecule has 0 aromatic carbocycles. The maximum absolute atomic E-state index is 10.8. The van der Waals surface area contributed by atoms with Gasteiger partial charge in [-0.3, -0.25) is 10.1 Å². The molecule has 0 aromatic rings. The average molecular weight is 179 g/mol. The third-order valence-corrected chi connectivity index (χ3v) is 3.57. The van der Waals surface area contributed by atoms with Crippen LogP contribution in [0.4, 0.5) is 0 Å². The van der Waals surface area contributed by atoms with E-state index < -0.39 is 14.8 Å². The molecule has 0 aliphatic carbocycles. The first-order chi connectivity index (χ1) is 4.99. The van der Waals surface area contributed by atoms with Crippen molar-refractivity contribution in [2.24, 2.45) is 5.92 Å². The number of nitro groups is 1. The zero-order valence-corrected chi connectivity index (χ0v) is 6.71. The van der Waals surface area contributed by atoms with Gasteiger partial charge in [-0.2, -0.15) is 0 Å². The van der Waals surface area contributed by atoms with E-state index in [9.17, 15) is 18.5 Å². The molecule has 0 amide bonds. The molecule has 1 atom stereocenters. The van der Waals surface area contributed by atoms with Crippen LogP contribution >= 0.6 is 0 Å². The van der Waals surface area contributed by atoms with Crippen LogP contribution in [0, 0.1) is 16.0 Å². The molecular formula is C5H9NO4S. The summed E-state index contributed by atoms with van der Waals surface area (Å²) in [5, 5.41) is 9.98. The highest BCUT2D eigenvalue weighted by Crippen LogP contribution is 2.17. The molecule has 0 N–H and O–H groups in total. The minimum absolute atomic E-state index is 0.00597. The molecule has 11 heavy (non-hydrogen) atoms. The standard InChI is InChI=1S/C5H9NO4S/c7-6(8)3-5-1-2-11(9,10)4-5/h5H,1-4H2/t5-/m0/s1. The lowest BCUT2D eigenvalue weighted by molar-refractivity contribution is -0.487. The van der Waals surface area contributed by atoms with Crippen molar-refractivity contribution in [2.45, 2.75) is 6.42 Å². The highest BCUT2D eigenvalue weighted by atomic mass is 32.2. The Hall–Kier alpha value is -0.650. The van der Waals surface area contributed by atoms with Crippen LogP contribution in [0.2, 0.25) is 0 Å². The van der Waals surface area contributed by atoms with Crippen molar-refractivity contribution in [1.82, 2.24) is 0 Å². The summed E-state index contributed by atoms with van der Waals surface area (Å²) in [7, 11) is -2.95. The number of hydrogen-bond acceptors (Lipinski definition) is 4. The molecule has 5 nitrogen and oxygen atoms in total. The van der Waals surface area contributed by atoms with Gasteiger partial charge in [0.25, 0.3) is 0 Å². The van der Waals surface area contributed by atoms with Gasteiger partial charge in [-0.25, -0.2) is 8.42 Å². The molecule has 1 heterocycles. The third-order valence-electron chi connectivity index (χ3n) is 1.73. The van der Waals surface area contributed by atoms with Crippen LogP contribution < -0.4 is 0 Å². The van der Waals surface area contributed by atoms with E-state index in [0.717, 1.165) is 0 Å². The van der Waals surface area contributed by atoms with Crippen molar-refractivity contribution >= 4 is 9.84 Å². The van der Waals surface area contributed by atoms with Crippen molar-refractivity contribution in [3.8, 4) is 0 Å². The van der Waals surface area contributed by atoms with E-state index in [1.54, 1.807) is 0 Å². The monoisotopic (exact) mass is 179 g/mol. The summed E-state index contributed by atoms with van der Waals surface area (Å²) in [5.41, 5.74) is 0. The Morgan fingerprint density at radius 1 is 1.55 bits per heavy atom. The number of rotatable bonds is 2. The van der Waals surface area contributed by atoms with Crippen molar-refractivity contribution in [3.05, 3.63) is 10.1 Å². The second-order valence-electron chi connectivity index (χ2n) is 2.78. The summed E-state index contributed by atoms with van der Waals surface area (Å²) in [4.78, 5) is 9.52. The van der Waals surface area contributed by atoms with Gasteiger partial charge in [-0.05, 0) is 6.42 Å². The van der Waals surface area contributed by atoms with Crippen molar-refractivity contribution < 1.29 is 13.3 Å². The number of nitrogens with zero attached hydrogens (tertiary/aromatic N) is 1. The van der Waals surface area contributed by atoms with E-state index in [1.165, 1.54) is 0 Å². The van der Waals surface area contributed by atoms with Crippen molar-refractivity contribution in [1.29, 1.82) is 0 Å². The van der Waals surface area contributed by atoms with Gasteiger partial charge in [0.1, 0.15) is 0 Å². The topological polar surface area (TPSA) is 77.3 Å². The first-order valence-electron chi connectivity index (χ1n) is 3.32. The fourth-order valence-electron chi connectivity index (χ4n) is 1.23. The Morgan fingerprint density at radius 3 is 2.55 bits per heavy atom. The van der Waals surface area contributed by atoms with E-state index in [0.29, 0.717) is 6.42 Å². The second-order valence-corrected chi connectivity index (χ2v) is 5.01. The fourth-order valence-corrected chi connectivity index (χ4v) is 3.08. The summed E-state index contributed by atoms with van der Waals surface area (Å²) in [5.74, 6) is -0.144. The van der Waals surface area contributed by atoms with Crippen LogP contribution in [0.1, 0.15) is 6.42 Å². The van der Waals surface area contributed by atoms with E-state index in [2.05, 4.69) is 0 Å². The quantitative estimate of drug-likeness (QED) is 0.430. The molecule has 1 aliphatic rings. The van der Waals surface area contributed by atoms with Crippen LogP contribution in [-0.4, -0.2) is 31.4 Å². The molecule has 64 valence electrons. The zero-order valence-electron chi connectivity index (χ0n) is 5.89. The smallest absolute Gasteiger partial charge is 0.207 e. The SMILES string of the molecule is O=[N+]([O-])C[C@@H]1CCS(=O)(=O)C1. The highest BCUT2D eigenvalue weighted by molar-refractivity contribution is 7.91. The first-order valence-corrected chi connectivity index (χ1v) is 5.14. The summed E-state index contributed by atoms with van der Waals surface area (Å²) < 4.78 is 21.6. The lowest BCUT2D eigenvalue weighted by Gasteiger charge is -1.97. The number of sulfone groups is 1. The van der Waals surface area contributed by atoms with Crippen molar-refractivity contribution in [2.75, 3.05) is 18.1 Å². The van der Waals surface area contributed by atoms with Crippen LogP contribution in [0.3, 0.4) is 0 Å². The molecule has 1 rings (SSSR count). The lowest BCUT2D eigenvalue weighted by atomic mass is 10.1. The van der Waals surface area contributed by atoms with E-state index in [-0.39, 0.29) is 24.0 Å². The Labute approximate surface area is 64.5 Å². The highest BCUT2D eigenvalue weighted by Gasteiger charge is 2.30. The van der Waals surface area contributed by atoms with Gasteiger partial charge in [0, 0.05) is 10.8 Å². The average Bonchev–Trinajstić information content (AvgIpc) is 2.08. The molecular weight excluding hydrogens is 170 g/mol. The lowest BCUT2D eigenvalue weighted by Crippen LogP contribution is -2.15. The van der Waals surface area contributed by atoms with Gasteiger partial charge in [0.05, 0.1) is 11.5 Å². The summed E-state index contributed by atoms with van der Waals surface area (Å²) in [6.07, 6.45) is 0.448. The fraction of sp³-hybridized carbons (Fsp3) is 1.00. The maximum Gasteiger partial charge on any atom is 0.207 e. The normalized spacial score (nSPS) is 28.5.